The number of nitrogens with two attached hydrogens (primary N) is 1. The Morgan fingerprint density at radius 2 is 1.77 bits per heavy atom. The zero-order valence-corrected chi connectivity index (χ0v) is 14.8. The molecule has 4 N–H and O–H groups in total. The van der Waals surface area contributed by atoms with E-state index in [0.29, 0.717) is 24.3 Å². The zero-order chi connectivity index (χ0) is 18.3. The number of nitrogens with one attached hydrogen (secondary N) is 2. The zero-order valence-electron chi connectivity index (χ0n) is 14.0. The quantitative estimate of drug-likeness (QED) is 0.619. The summed E-state index contributed by atoms with van der Waals surface area (Å²) in [6.07, 6.45) is -2.84. The van der Waals surface area contributed by atoms with Crippen molar-refractivity contribution in [1.82, 2.24) is 5.32 Å². The van der Waals surface area contributed by atoms with Gasteiger partial charge in [-0.15, -0.1) is 12.4 Å². The fourth-order valence-electron chi connectivity index (χ4n) is 2.29. The highest BCUT2D eigenvalue weighted by Crippen LogP contribution is 2.31. The van der Waals surface area contributed by atoms with Gasteiger partial charge in [0, 0.05) is 12.2 Å². The van der Waals surface area contributed by atoms with Gasteiger partial charge in [0.25, 0.3) is 5.91 Å². The van der Waals surface area contributed by atoms with Crippen LogP contribution in [-0.2, 0) is 6.18 Å². The molecule has 0 fully saturated rings. The molecule has 26 heavy (non-hydrogen) atoms. The van der Waals surface area contributed by atoms with Crippen LogP contribution in [0.4, 0.5) is 24.5 Å². The minimum absolute atomic E-state index is 0. The summed E-state index contributed by atoms with van der Waals surface area (Å²) in [7, 11) is 0. The highest BCUT2D eigenvalue weighted by Gasteiger charge is 2.30. The topological polar surface area (TPSA) is 67.1 Å². The summed E-state index contributed by atoms with van der Waals surface area (Å²) in [5.74, 6) is -0.285. The van der Waals surface area contributed by atoms with Crippen molar-refractivity contribution in [2.24, 2.45) is 5.73 Å². The third-order valence-corrected chi connectivity index (χ3v) is 3.56. The molecule has 142 valence electrons. The monoisotopic (exact) mass is 387 g/mol. The molecule has 0 aromatic heterocycles. The van der Waals surface area contributed by atoms with E-state index in [1.165, 1.54) is 12.1 Å². The molecule has 2 aromatic rings. The number of benzene rings is 2. The molecule has 2 aromatic carbocycles. The first kappa shape index (κ1) is 21.8. The smallest absolute Gasteiger partial charge is 0.355 e. The first-order valence-corrected chi connectivity index (χ1v) is 7.93. The van der Waals surface area contributed by atoms with Crippen molar-refractivity contribution in [2.75, 3.05) is 18.4 Å². The van der Waals surface area contributed by atoms with Crippen LogP contribution in [0.25, 0.3) is 0 Å². The van der Waals surface area contributed by atoms with Crippen molar-refractivity contribution in [3.05, 3.63) is 59.7 Å². The molecule has 0 bridgehead atoms. The lowest BCUT2D eigenvalue weighted by molar-refractivity contribution is -0.137. The number of carbonyl (C=O) groups excluding carboxylic acids is 1. The Bertz CT molecular complexity index is 723. The number of hydrogen-bond acceptors (Lipinski definition) is 3. The Morgan fingerprint density at radius 1 is 1.04 bits per heavy atom. The largest absolute Gasteiger partial charge is 0.416 e. The molecule has 0 heterocycles. The highest BCUT2D eigenvalue weighted by atomic mass is 35.5. The maximum atomic E-state index is 12.8. The first-order chi connectivity index (χ1) is 11.9. The van der Waals surface area contributed by atoms with E-state index >= 15 is 0 Å². The molecule has 0 atom stereocenters. The molecule has 4 nitrogen and oxygen atoms in total. The van der Waals surface area contributed by atoms with E-state index in [9.17, 15) is 18.0 Å². The van der Waals surface area contributed by atoms with Crippen LogP contribution in [0.5, 0.6) is 0 Å². The van der Waals surface area contributed by atoms with Gasteiger partial charge in [0.05, 0.1) is 16.8 Å². The van der Waals surface area contributed by atoms with Gasteiger partial charge in [-0.25, -0.2) is 0 Å². The molecule has 0 radical (unpaired) electrons. The third kappa shape index (κ3) is 6.24. The molecule has 2 rings (SSSR count). The fourth-order valence-corrected chi connectivity index (χ4v) is 2.29. The fraction of sp³-hybridized carbons (Fsp3) is 0.278. The van der Waals surface area contributed by atoms with Crippen LogP contribution in [0.15, 0.2) is 48.5 Å². The van der Waals surface area contributed by atoms with Crippen LogP contribution in [0, 0.1) is 0 Å². The number of alkyl halides is 3. The molecule has 0 aliphatic carbocycles. The van der Waals surface area contributed by atoms with E-state index in [-0.39, 0.29) is 24.0 Å². The summed E-state index contributed by atoms with van der Waals surface area (Å²) in [6, 6.07) is 11.5. The minimum atomic E-state index is -4.42. The normalized spacial score (nSPS) is 10.8. The molecule has 0 saturated heterocycles. The molecule has 0 unspecified atom stereocenters. The van der Waals surface area contributed by atoms with E-state index < -0.39 is 11.7 Å². The van der Waals surface area contributed by atoms with E-state index in [2.05, 4.69) is 10.6 Å². The minimum Gasteiger partial charge on any atom is -0.355 e. The van der Waals surface area contributed by atoms with E-state index in [0.717, 1.165) is 25.0 Å². The second-order valence-electron chi connectivity index (χ2n) is 5.50. The lowest BCUT2D eigenvalue weighted by Crippen LogP contribution is -2.25. The number of hydrogen-bond donors (Lipinski definition) is 3. The second kappa shape index (κ2) is 10.0. The number of anilines is 2. The Morgan fingerprint density at radius 3 is 2.46 bits per heavy atom. The van der Waals surface area contributed by atoms with Gasteiger partial charge >= 0.3 is 6.18 Å². The van der Waals surface area contributed by atoms with Gasteiger partial charge in [0.2, 0.25) is 0 Å². The van der Waals surface area contributed by atoms with Crippen molar-refractivity contribution in [3.8, 4) is 0 Å². The average Bonchev–Trinajstić information content (AvgIpc) is 2.58. The van der Waals surface area contributed by atoms with Crippen molar-refractivity contribution in [2.45, 2.75) is 19.0 Å². The van der Waals surface area contributed by atoms with Gasteiger partial charge in [-0.3, -0.25) is 4.79 Å². The number of rotatable bonds is 7. The van der Waals surface area contributed by atoms with Crippen LogP contribution in [-0.4, -0.2) is 19.0 Å². The maximum absolute atomic E-state index is 12.8. The molecule has 8 heteroatoms. The van der Waals surface area contributed by atoms with Gasteiger partial charge in [-0.2, -0.15) is 13.2 Å². The van der Waals surface area contributed by atoms with Gasteiger partial charge in [0.15, 0.2) is 0 Å². The summed E-state index contributed by atoms with van der Waals surface area (Å²) >= 11 is 0. The van der Waals surface area contributed by atoms with Crippen LogP contribution in [0.1, 0.15) is 28.8 Å². The second-order valence-corrected chi connectivity index (χ2v) is 5.50. The third-order valence-electron chi connectivity index (χ3n) is 3.56. The number of carbonyl (C=O) groups is 1. The molecular weight excluding hydrogens is 367 g/mol. The van der Waals surface area contributed by atoms with Crippen LogP contribution < -0.4 is 16.4 Å². The van der Waals surface area contributed by atoms with Crippen LogP contribution >= 0.6 is 12.4 Å². The van der Waals surface area contributed by atoms with Gasteiger partial charge in [0.1, 0.15) is 0 Å². The Balaban J connectivity index is 0.00000338. The number of unbranched alkanes of at least 4 members (excludes halogenated alkanes) is 1. The van der Waals surface area contributed by atoms with Gasteiger partial charge in [-0.1, -0.05) is 18.2 Å². The molecule has 0 aliphatic heterocycles. The Kier molecular flexibility index (Phi) is 8.41. The van der Waals surface area contributed by atoms with Gasteiger partial charge < -0.3 is 16.4 Å². The highest BCUT2D eigenvalue weighted by molar-refractivity contribution is 6.00. The molecule has 0 spiro atoms. The summed E-state index contributed by atoms with van der Waals surface area (Å²) < 4.78 is 38.4. The standard InChI is InChI=1S/C18H20F3N3O.ClH/c19-18(20,21)13-6-5-7-14(12-13)24-16-9-2-1-8-15(16)17(25)23-11-4-3-10-22;/h1-2,5-9,12,24H,3-4,10-11,22H2,(H,23,25);1H. The summed E-state index contributed by atoms with van der Waals surface area (Å²) in [4.78, 5) is 12.3. The molecular formula is C18H21ClF3N3O. The van der Waals surface area contributed by atoms with Crippen molar-refractivity contribution in [1.29, 1.82) is 0 Å². The summed E-state index contributed by atoms with van der Waals surface area (Å²) in [5, 5.41) is 5.67. The predicted octanol–water partition coefficient (Wildman–Crippen LogP) is 4.34. The average molecular weight is 388 g/mol. The lowest BCUT2D eigenvalue weighted by atomic mass is 10.1. The van der Waals surface area contributed by atoms with Crippen molar-refractivity contribution in [3.63, 3.8) is 0 Å². The number of para-hydroxylation sites is 1. The molecule has 0 aliphatic rings. The van der Waals surface area contributed by atoms with Gasteiger partial charge in [-0.05, 0) is 49.7 Å². The summed E-state index contributed by atoms with van der Waals surface area (Å²) in [5.41, 5.74) is 5.73. The first-order valence-electron chi connectivity index (χ1n) is 7.93. The van der Waals surface area contributed by atoms with Crippen molar-refractivity contribution < 1.29 is 18.0 Å². The molecule has 0 saturated carbocycles. The lowest BCUT2D eigenvalue weighted by Gasteiger charge is -2.14. The number of amides is 1. The van der Waals surface area contributed by atoms with E-state index in [1.807, 2.05) is 0 Å². The Labute approximate surface area is 156 Å². The molecule has 1 amide bonds. The SMILES string of the molecule is Cl.NCCCCNC(=O)c1ccccc1Nc1cccc(C(F)(F)F)c1. The van der Waals surface area contributed by atoms with E-state index in [1.54, 1.807) is 24.3 Å². The number of halogens is 4. The van der Waals surface area contributed by atoms with E-state index in [4.69, 9.17) is 5.73 Å². The maximum Gasteiger partial charge on any atom is 0.416 e. The van der Waals surface area contributed by atoms with Crippen LogP contribution in [0.3, 0.4) is 0 Å². The predicted molar refractivity (Wildman–Crippen MR) is 99.0 cm³/mol. The van der Waals surface area contributed by atoms with Crippen LogP contribution in [0.2, 0.25) is 0 Å². The Hall–Kier alpha value is -2.25. The summed E-state index contributed by atoms with van der Waals surface area (Å²) in [6.45, 7) is 1.05. The van der Waals surface area contributed by atoms with Crippen molar-refractivity contribution >= 4 is 29.7 Å².